The van der Waals surface area contributed by atoms with Gasteiger partial charge in [-0.15, -0.1) is 11.8 Å². The first-order valence-electron chi connectivity index (χ1n) is 7.28. The summed E-state index contributed by atoms with van der Waals surface area (Å²) < 4.78 is 10.4. The van der Waals surface area contributed by atoms with Gasteiger partial charge in [0.2, 0.25) is 5.91 Å². The number of nitriles is 1. The number of amides is 1. The Hall–Kier alpha value is -2.64. The predicted octanol–water partition coefficient (Wildman–Crippen LogP) is 2.40. The zero-order valence-corrected chi connectivity index (χ0v) is 16.0. The predicted molar refractivity (Wildman–Crippen MR) is 102 cm³/mol. The summed E-state index contributed by atoms with van der Waals surface area (Å²) in [4.78, 5) is 20.5. The Morgan fingerprint density at radius 3 is 2.73 bits per heavy atom. The molecule has 0 saturated carbocycles. The number of carbonyl (C=O) groups excluding carboxylic acids is 1. The third-order valence-corrected chi connectivity index (χ3v) is 4.73. The average Bonchev–Trinajstić information content (AvgIpc) is 2.66. The highest BCUT2D eigenvalue weighted by Crippen LogP contribution is 2.29. The second-order valence-corrected chi connectivity index (χ2v) is 6.53. The van der Waals surface area contributed by atoms with Crippen LogP contribution in [0.15, 0.2) is 28.4 Å². The van der Waals surface area contributed by atoms with Crippen LogP contribution in [0.4, 0.5) is 11.5 Å². The van der Waals surface area contributed by atoms with Gasteiger partial charge in [0.1, 0.15) is 34.0 Å². The molecule has 2 rings (SSSR count). The number of benzene rings is 1. The van der Waals surface area contributed by atoms with Gasteiger partial charge in [-0.2, -0.15) is 5.26 Å². The van der Waals surface area contributed by atoms with E-state index in [9.17, 15) is 4.79 Å². The first-order valence-corrected chi connectivity index (χ1v) is 9.49. The van der Waals surface area contributed by atoms with Gasteiger partial charge in [0.25, 0.3) is 0 Å². The van der Waals surface area contributed by atoms with E-state index in [1.807, 2.05) is 6.07 Å². The first kappa shape index (κ1) is 19.7. The molecule has 26 heavy (non-hydrogen) atoms. The third-order valence-electron chi connectivity index (χ3n) is 3.20. The van der Waals surface area contributed by atoms with E-state index in [4.69, 9.17) is 20.5 Å². The van der Waals surface area contributed by atoms with Crippen molar-refractivity contribution in [1.82, 2.24) is 9.97 Å². The van der Waals surface area contributed by atoms with Crippen molar-refractivity contribution >= 4 is 40.9 Å². The Bertz CT molecular complexity index is 855. The summed E-state index contributed by atoms with van der Waals surface area (Å²) in [5.74, 6) is 1.04. The van der Waals surface area contributed by atoms with E-state index in [2.05, 4.69) is 15.3 Å². The Kier molecular flexibility index (Phi) is 6.94. The van der Waals surface area contributed by atoms with Crippen LogP contribution in [0.1, 0.15) is 5.56 Å². The van der Waals surface area contributed by atoms with Crippen LogP contribution in [-0.4, -0.2) is 42.1 Å². The van der Waals surface area contributed by atoms with E-state index in [0.717, 1.165) is 11.8 Å². The molecule has 136 valence electrons. The third kappa shape index (κ3) is 4.71. The maximum Gasteiger partial charge on any atom is 0.234 e. The average molecular weight is 391 g/mol. The number of nitrogens with zero attached hydrogens (tertiary/aromatic N) is 3. The minimum absolute atomic E-state index is 0.0777. The number of nitrogen functional groups attached to an aromatic ring is 1. The molecular weight excluding hydrogens is 374 g/mol. The molecule has 0 fully saturated rings. The maximum absolute atomic E-state index is 12.2. The minimum Gasteiger partial charge on any atom is -0.497 e. The summed E-state index contributed by atoms with van der Waals surface area (Å²) in [6.07, 6.45) is 1.79. The molecule has 2 aromatic rings. The number of ether oxygens (including phenoxy) is 2. The first-order chi connectivity index (χ1) is 12.5. The molecule has 1 heterocycles. The van der Waals surface area contributed by atoms with Crippen LogP contribution in [0.25, 0.3) is 0 Å². The van der Waals surface area contributed by atoms with Gasteiger partial charge in [-0.25, -0.2) is 9.97 Å². The lowest BCUT2D eigenvalue weighted by Gasteiger charge is -2.11. The molecule has 0 aliphatic carbocycles. The van der Waals surface area contributed by atoms with Gasteiger partial charge in [-0.05, 0) is 18.4 Å². The highest BCUT2D eigenvalue weighted by atomic mass is 32.2. The normalized spacial score (nSPS) is 10.1. The molecule has 1 amide bonds. The maximum atomic E-state index is 12.2. The molecule has 0 saturated heterocycles. The number of anilines is 2. The number of carbonyl (C=O) groups is 1. The van der Waals surface area contributed by atoms with Gasteiger partial charge in [-0.1, -0.05) is 11.8 Å². The van der Waals surface area contributed by atoms with Crippen LogP contribution >= 0.6 is 23.5 Å². The fourth-order valence-corrected chi connectivity index (χ4v) is 3.21. The molecule has 0 atom stereocenters. The van der Waals surface area contributed by atoms with Crippen molar-refractivity contribution in [2.45, 2.75) is 10.2 Å². The summed E-state index contributed by atoms with van der Waals surface area (Å²) in [7, 11) is 3.06. The van der Waals surface area contributed by atoms with Crippen molar-refractivity contribution in [1.29, 1.82) is 5.26 Å². The van der Waals surface area contributed by atoms with E-state index in [1.54, 1.807) is 31.6 Å². The fraction of sp³-hybridized carbons (Fsp3) is 0.250. The monoisotopic (exact) mass is 391 g/mol. The number of hydrogen-bond donors (Lipinski definition) is 2. The van der Waals surface area contributed by atoms with E-state index in [-0.39, 0.29) is 23.0 Å². The van der Waals surface area contributed by atoms with Crippen molar-refractivity contribution in [3.63, 3.8) is 0 Å². The molecule has 1 aromatic carbocycles. The number of rotatable bonds is 7. The Morgan fingerprint density at radius 1 is 1.35 bits per heavy atom. The van der Waals surface area contributed by atoms with Gasteiger partial charge in [0.15, 0.2) is 5.16 Å². The second kappa shape index (κ2) is 9.17. The van der Waals surface area contributed by atoms with E-state index in [1.165, 1.54) is 18.9 Å². The molecule has 3 N–H and O–H groups in total. The van der Waals surface area contributed by atoms with Gasteiger partial charge >= 0.3 is 0 Å². The van der Waals surface area contributed by atoms with E-state index >= 15 is 0 Å². The van der Waals surface area contributed by atoms with Crippen LogP contribution in [0.2, 0.25) is 0 Å². The molecule has 0 spiro atoms. The molecule has 0 aliphatic heterocycles. The van der Waals surface area contributed by atoms with Crippen molar-refractivity contribution < 1.29 is 14.3 Å². The standard InChI is InChI=1S/C16H17N5O3S2/c1-23-9-4-5-11(12(6-9)24-2)19-13(22)8-26-16-20-14(18)10(7-17)15(21-16)25-3/h4-6H,8H2,1-3H3,(H,19,22)(H2,18,20,21). The van der Waals surface area contributed by atoms with Crippen molar-refractivity contribution in [2.24, 2.45) is 0 Å². The molecule has 0 radical (unpaired) electrons. The van der Waals surface area contributed by atoms with Gasteiger partial charge in [0, 0.05) is 6.07 Å². The van der Waals surface area contributed by atoms with Crippen LogP contribution in [0.3, 0.4) is 0 Å². The number of nitrogens with one attached hydrogen (secondary N) is 1. The summed E-state index contributed by atoms with van der Waals surface area (Å²) in [5.41, 5.74) is 6.55. The molecule has 8 nitrogen and oxygen atoms in total. The van der Waals surface area contributed by atoms with Crippen LogP contribution in [-0.2, 0) is 4.79 Å². The quantitative estimate of drug-likeness (QED) is 0.416. The summed E-state index contributed by atoms with van der Waals surface area (Å²) in [5, 5.41) is 12.7. The van der Waals surface area contributed by atoms with Crippen molar-refractivity contribution in [3.05, 3.63) is 23.8 Å². The molecule has 0 bridgehead atoms. The lowest BCUT2D eigenvalue weighted by Crippen LogP contribution is -2.15. The van der Waals surface area contributed by atoms with Crippen molar-refractivity contribution in [2.75, 3.05) is 37.3 Å². The molecule has 0 unspecified atom stereocenters. The number of nitrogens with two attached hydrogens (primary N) is 1. The Balaban J connectivity index is 2.06. The Labute approximate surface area is 159 Å². The zero-order chi connectivity index (χ0) is 19.1. The zero-order valence-electron chi connectivity index (χ0n) is 14.4. The van der Waals surface area contributed by atoms with Crippen LogP contribution < -0.4 is 20.5 Å². The molecule has 1 aromatic heterocycles. The lowest BCUT2D eigenvalue weighted by atomic mass is 10.2. The van der Waals surface area contributed by atoms with Gasteiger partial charge in [-0.3, -0.25) is 4.79 Å². The van der Waals surface area contributed by atoms with E-state index < -0.39 is 0 Å². The number of thioether (sulfide) groups is 2. The molecule has 10 heteroatoms. The summed E-state index contributed by atoms with van der Waals surface area (Å²) >= 11 is 2.43. The topological polar surface area (TPSA) is 123 Å². The molecule has 0 aliphatic rings. The number of aromatic nitrogens is 2. The highest BCUT2D eigenvalue weighted by Gasteiger charge is 2.14. The highest BCUT2D eigenvalue weighted by molar-refractivity contribution is 8.00. The summed E-state index contributed by atoms with van der Waals surface area (Å²) in [6, 6.07) is 7.08. The van der Waals surface area contributed by atoms with Gasteiger partial charge in [0.05, 0.1) is 25.7 Å². The van der Waals surface area contributed by atoms with Gasteiger partial charge < -0.3 is 20.5 Å². The summed E-state index contributed by atoms with van der Waals surface area (Å²) in [6.45, 7) is 0. The smallest absolute Gasteiger partial charge is 0.234 e. The van der Waals surface area contributed by atoms with Crippen LogP contribution in [0.5, 0.6) is 11.5 Å². The largest absolute Gasteiger partial charge is 0.497 e. The lowest BCUT2D eigenvalue weighted by molar-refractivity contribution is -0.113. The van der Waals surface area contributed by atoms with E-state index in [0.29, 0.717) is 27.4 Å². The fourth-order valence-electron chi connectivity index (χ4n) is 1.97. The Morgan fingerprint density at radius 2 is 2.12 bits per heavy atom. The minimum atomic E-state index is -0.254. The van der Waals surface area contributed by atoms with Crippen LogP contribution in [0, 0.1) is 11.3 Å². The second-order valence-electron chi connectivity index (χ2n) is 4.79. The number of methoxy groups -OCH3 is 2. The number of hydrogen-bond acceptors (Lipinski definition) is 9. The SMILES string of the molecule is COc1ccc(NC(=O)CSc2nc(N)c(C#N)c(SC)n2)c(OC)c1. The van der Waals surface area contributed by atoms with Crippen molar-refractivity contribution in [3.8, 4) is 17.6 Å². The molecular formula is C16H17N5O3S2.